The van der Waals surface area contributed by atoms with Gasteiger partial charge >= 0.3 is 0 Å². The van der Waals surface area contributed by atoms with Gasteiger partial charge < -0.3 is 4.90 Å². The molecular weight excluding hydrogens is 248 g/mol. The second kappa shape index (κ2) is 7.97. The zero-order chi connectivity index (χ0) is 15.2. The molecule has 1 N–H and O–H groups in total. The van der Waals surface area contributed by atoms with E-state index in [-0.39, 0.29) is 5.54 Å². The maximum atomic E-state index is 9.36. The molecule has 1 rings (SSSR count). The fourth-order valence-electron chi connectivity index (χ4n) is 3.25. The third kappa shape index (κ3) is 5.78. The van der Waals surface area contributed by atoms with E-state index in [1.807, 2.05) is 6.92 Å². The van der Waals surface area contributed by atoms with Crippen molar-refractivity contribution >= 4 is 0 Å². The van der Waals surface area contributed by atoms with E-state index in [1.54, 1.807) is 0 Å². The molecule has 20 heavy (non-hydrogen) atoms. The Morgan fingerprint density at radius 1 is 1.45 bits per heavy atom. The Morgan fingerprint density at radius 2 is 2.15 bits per heavy atom. The molecule has 2 atom stereocenters. The summed E-state index contributed by atoms with van der Waals surface area (Å²) in [4.78, 5) is 4.88. The van der Waals surface area contributed by atoms with Crippen molar-refractivity contribution in [2.24, 2.45) is 0 Å². The lowest BCUT2D eigenvalue weighted by molar-refractivity contribution is 0.199. The SMILES string of the molecule is CC(C)NC(C)(C#N)CCCN1CCCC1CN(C)C. The van der Waals surface area contributed by atoms with Crippen molar-refractivity contribution < 1.29 is 0 Å². The van der Waals surface area contributed by atoms with E-state index in [9.17, 15) is 5.26 Å². The Kier molecular flexibility index (Phi) is 6.94. The van der Waals surface area contributed by atoms with Crippen molar-refractivity contribution in [3.8, 4) is 6.07 Å². The van der Waals surface area contributed by atoms with E-state index < -0.39 is 0 Å². The summed E-state index contributed by atoms with van der Waals surface area (Å²) >= 11 is 0. The third-order valence-electron chi connectivity index (χ3n) is 4.05. The van der Waals surface area contributed by atoms with Crippen LogP contribution in [0.5, 0.6) is 0 Å². The summed E-state index contributed by atoms with van der Waals surface area (Å²) in [6, 6.07) is 3.50. The second-order valence-electron chi connectivity index (χ2n) is 6.94. The van der Waals surface area contributed by atoms with Crippen LogP contribution in [0.25, 0.3) is 0 Å². The van der Waals surface area contributed by atoms with E-state index in [0.29, 0.717) is 12.1 Å². The lowest BCUT2D eigenvalue weighted by Gasteiger charge is -2.29. The number of rotatable bonds is 8. The molecule has 1 aliphatic heterocycles. The molecule has 1 saturated heterocycles. The minimum absolute atomic E-state index is 0.355. The number of likely N-dealkylation sites (N-methyl/N-ethyl adjacent to an activating group) is 1. The number of nitrogens with zero attached hydrogens (tertiary/aromatic N) is 3. The molecule has 0 bridgehead atoms. The third-order valence-corrected chi connectivity index (χ3v) is 4.05. The molecule has 4 heteroatoms. The Balaban J connectivity index is 2.37. The fourth-order valence-corrected chi connectivity index (χ4v) is 3.25. The van der Waals surface area contributed by atoms with E-state index in [1.165, 1.54) is 19.4 Å². The molecule has 0 spiro atoms. The first kappa shape index (κ1) is 17.4. The molecular formula is C16H32N4. The van der Waals surface area contributed by atoms with Crippen LogP contribution in [0.15, 0.2) is 0 Å². The zero-order valence-corrected chi connectivity index (χ0v) is 13.9. The van der Waals surface area contributed by atoms with Crippen molar-refractivity contribution in [3.63, 3.8) is 0 Å². The standard InChI is InChI=1S/C16H32N4/c1-14(2)18-16(3,13-17)9-7-11-20-10-6-8-15(20)12-19(4)5/h14-15,18H,6-12H2,1-5H3. The number of hydrogen-bond donors (Lipinski definition) is 1. The molecule has 0 amide bonds. The number of hydrogen-bond acceptors (Lipinski definition) is 4. The van der Waals surface area contributed by atoms with Crippen LogP contribution in [0.4, 0.5) is 0 Å². The summed E-state index contributed by atoms with van der Waals surface area (Å²) in [5, 5.41) is 12.8. The number of nitrogens with one attached hydrogen (secondary N) is 1. The van der Waals surface area contributed by atoms with Gasteiger partial charge in [-0.1, -0.05) is 0 Å². The monoisotopic (exact) mass is 280 g/mol. The Hall–Kier alpha value is -0.630. The molecule has 4 nitrogen and oxygen atoms in total. The van der Waals surface area contributed by atoms with Crippen molar-refractivity contribution in [3.05, 3.63) is 0 Å². The van der Waals surface area contributed by atoms with Crippen LogP contribution in [0, 0.1) is 11.3 Å². The fraction of sp³-hybridized carbons (Fsp3) is 0.938. The largest absolute Gasteiger partial charge is 0.308 e. The van der Waals surface area contributed by atoms with Crippen LogP contribution in [0.1, 0.15) is 46.5 Å². The smallest absolute Gasteiger partial charge is 0.104 e. The van der Waals surface area contributed by atoms with Gasteiger partial charge in [0.1, 0.15) is 5.54 Å². The summed E-state index contributed by atoms with van der Waals surface area (Å²) in [5.74, 6) is 0. The average molecular weight is 280 g/mol. The van der Waals surface area contributed by atoms with E-state index >= 15 is 0 Å². The van der Waals surface area contributed by atoms with E-state index in [0.717, 1.165) is 25.9 Å². The van der Waals surface area contributed by atoms with Crippen molar-refractivity contribution in [1.29, 1.82) is 5.26 Å². The highest BCUT2D eigenvalue weighted by Crippen LogP contribution is 2.20. The minimum atomic E-state index is -0.384. The predicted molar refractivity (Wildman–Crippen MR) is 84.7 cm³/mol. The van der Waals surface area contributed by atoms with Gasteiger partial charge in [0.15, 0.2) is 0 Å². The van der Waals surface area contributed by atoms with Crippen molar-refractivity contribution in [2.45, 2.75) is 64.1 Å². The first-order chi connectivity index (χ1) is 9.36. The minimum Gasteiger partial charge on any atom is -0.308 e. The molecule has 0 radical (unpaired) electrons. The summed E-state index contributed by atoms with van der Waals surface area (Å²) in [7, 11) is 4.30. The van der Waals surface area contributed by atoms with Gasteiger partial charge in [0.25, 0.3) is 0 Å². The summed E-state index contributed by atoms with van der Waals surface area (Å²) in [6.07, 6.45) is 4.65. The maximum absolute atomic E-state index is 9.36. The highest BCUT2D eigenvalue weighted by atomic mass is 15.2. The molecule has 1 heterocycles. The van der Waals surface area contributed by atoms with Crippen LogP contribution in [0.2, 0.25) is 0 Å². The highest BCUT2D eigenvalue weighted by molar-refractivity contribution is 5.04. The molecule has 0 aliphatic carbocycles. The van der Waals surface area contributed by atoms with Gasteiger partial charge in [0.05, 0.1) is 6.07 Å². The molecule has 1 fully saturated rings. The molecule has 0 aromatic carbocycles. The van der Waals surface area contributed by atoms with Gasteiger partial charge in [-0.15, -0.1) is 0 Å². The van der Waals surface area contributed by atoms with Crippen LogP contribution < -0.4 is 5.32 Å². The zero-order valence-electron chi connectivity index (χ0n) is 13.9. The lowest BCUT2D eigenvalue weighted by atomic mass is 9.96. The van der Waals surface area contributed by atoms with E-state index in [4.69, 9.17) is 0 Å². The van der Waals surface area contributed by atoms with Gasteiger partial charge in [0, 0.05) is 18.6 Å². The van der Waals surface area contributed by atoms with Crippen LogP contribution in [-0.2, 0) is 0 Å². The number of nitriles is 1. The average Bonchev–Trinajstić information content (AvgIpc) is 2.75. The first-order valence-electron chi connectivity index (χ1n) is 7.94. The second-order valence-corrected chi connectivity index (χ2v) is 6.94. The lowest BCUT2D eigenvalue weighted by Crippen LogP contribution is -2.45. The molecule has 0 aromatic rings. The molecule has 0 saturated carbocycles. The van der Waals surface area contributed by atoms with Crippen molar-refractivity contribution in [1.82, 2.24) is 15.1 Å². The topological polar surface area (TPSA) is 42.3 Å². The van der Waals surface area contributed by atoms with Gasteiger partial charge in [-0.25, -0.2) is 0 Å². The predicted octanol–water partition coefficient (Wildman–Crippen LogP) is 2.07. The van der Waals surface area contributed by atoms with Crippen LogP contribution >= 0.6 is 0 Å². The van der Waals surface area contributed by atoms with Gasteiger partial charge in [0.2, 0.25) is 0 Å². The van der Waals surface area contributed by atoms with Gasteiger partial charge in [-0.2, -0.15) is 5.26 Å². The Morgan fingerprint density at radius 3 is 2.70 bits per heavy atom. The van der Waals surface area contributed by atoms with Crippen LogP contribution in [0.3, 0.4) is 0 Å². The van der Waals surface area contributed by atoms with Gasteiger partial charge in [-0.05, 0) is 73.6 Å². The molecule has 2 unspecified atom stereocenters. The normalized spacial score (nSPS) is 23.2. The van der Waals surface area contributed by atoms with Crippen molar-refractivity contribution in [2.75, 3.05) is 33.7 Å². The molecule has 1 aliphatic rings. The van der Waals surface area contributed by atoms with E-state index in [2.05, 4.69) is 49.1 Å². The number of likely N-dealkylation sites (tertiary alicyclic amines) is 1. The van der Waals surface area contributed by atoms with Gasteiger partial charge in [-0.3, -0.25) is 10.2 Å². The quantitative estimate of drug-likeness (QED) is 0.739. The summed E-state index contributed by atoms with van der Waals surface area (Å²) in [6.45, 7) is 9.72. The Bertz CT molecular complexity index is 321. The first-order valence-corrected chi connectivity index (χ1v) is 7.94. The summed E-state index contributed by atoms with van der Waals surface area (Å²) in [5.41, 5.74) is -0.384. The molecule has 0 aromatic heterocycles. The molecule has 116 valence electrons. The Labute approximate surface area is 125 Å². The highest BCUT2D eigenvalue weighted by Gasteiger charge is 2.27. The summed E-state index contributed by atoms with van der Waals surface area (Å²) < 4.78 is 0. The van der Waals surface area contributed by atoms with Crippen LogP contribution in [-0.4, -0.2) is 61.2 Å². The maximum Gasteiger partial charge on any atom is 0.104 e.